The van der Waals surface area contributed by atoms with Crippen molar-refractivity contribution in [2.24, 2.45) is 16.7 Å². The van der Waals surface area contributed by atoms with Crippen molar-refractivity contribution >= 4 is 21.5 Å². The number of piperazine rings is 1. The molecule has 4 rings (SSSR count). The number of ketones is 1. The molecule has 0 radical (unpaired) electrons. The van der Waals surface area contributed by atoms with Gasteiger partial charge in [-0.15, -0.1) is 0 Å². The third-order valence-corrected chi connectivity index (χ3v) is 9.97. The Balaban J connectivity index is 1.50. The molecule has 0 unspecified atom stereocenters. The lowest BCUT2D eigenvalue weighted by atomic mass is 9.70. The van der Waals surface area contributed by atoms with Crippen LogP contribution in [0.15, 0.2) is 18.2 Å². The lowest BCUT2D eigenvalue weighted by Gasteiger charge is -2.40. The van der Waals surface area contributed by atoms with Crippen LogP contribution in [0.4, 0.5) is 5.69 Å². The number of carbonyl (C=O) groups excluding carboxylic acids is 1. The number of fused-ring (bicyclic) bond motifs is 2. The molecule has 2 bridgehead atoms. The van der Waals surface area contributed by atoms with Gasteiger partial charge in [-0.25, -0.2) is 8.42 Å². The van der Waals surface area contributed by atoms with Gasteiger partial charge in [-0.1, -0.05) is 32.0 Å². The molecule has 1 aromatic carbocycles. The number of para-hydroxylation sites is 1. The smallest absolute Gasteiger partial charge is 0.215 e. The molecule has 1 heterocycles. The molecule has 0 spiro atoms. The average Bonchev–Trinajstić information content (AvgIpc) is 2.96. The van der Waals surface area contributed by atoms with E-state index in [1.165, 1.54) is 16.8 Å². The highest BCUT2D eigenvalue weighted by Gasteiger charge is 2.65. The predicted molar refractivity (Wildman–Crippen MR) is 112 cm³/mol. The Labute approximate surface area is 169 Å². The Bertz CT molecular complexity index is 880. The molecule has 6 heteroatoms. The Kier molecular flexibility index (Phi) is 4.66. The summed E-state index contributed by atoms with van der Waals surface area (Å²) in [5, 5.41) is 0. The topological polar surface area (TPSA) is 57.7 Å². The summed E-state index contributed by atoms with van der Waals surface area (Å²) in [7, 11) is -3.45. The van der Waals surface area contributed by atoms with E-state index in [2.05, 4.69) is 50.8 Å². The number of Topliss-reactive ketones (excluding diaryl/α,β-unsaturated/α-hetero) is 1. The van der Waals surface area contributed by atoms with Crippen LogP contribution in [0.2, 0.25) is 0 Å². The number of carbonyl (C=O) groups is 1. The van der Waals surface area contributed by atoms with Gasteiger partial charge in [0, 0.05) is 43.7 Å². The molecule has 1 aliphatic heterocycles. The summed E-state index contributed by atoms with van der Waals surface area (Å²) in [6.07, 6.45) is 2.27. The quantitative estimate of drug-likeness (QED) is 0.774. The van der Waals surface area contributed by atoms with E-state index in [4.69, 9.17) is 0 Å². The second-order valence-electron chi connectivity index (χ2n) is 9.55. The normalized spacial score (nSPS) is 30.2. The standard InChI is InChI=1S/C22H32N2O3S/c1-16-6-5-7-17(2)20(16)23-10-12-24(13-11-23)28(26,27)15-22-9-8-18(14-19(22)25)21(22,3)4/h5-7,18H,8-15H2,1-4H3/t18-,22-/m0/s1. The van der Waals surface area contributed by atoms with Crippen molar-refractivity contribution in [3.05, 3.63) is 29.3 Å². The number of benzene rings is 1. The summed E-state index contributed by atoms with van der Waals surface area (Å²) in [6, 6.07) is 6.27. The first-order valence-corrected chi connectivity index (χ1v) is 12.0. The molecule has 5 nitrogen and oxygen atoms in total. The van der Waals surface area contributed by atoms with E-state index >= 15 is 0 Å². The molecule has 0 amide bonds. The van der Waals surface area contributed by atoms with Gasteiger partial charge < -0.3 is 4.90 Å². The van der Waals surface area contributed by atoms with Crippen LogP contribution in [-0.4, -0.2) is 50.4 Å². The summed E-state index contributed by atoms with van der Waals surface area (Å²) in [5.41, 5.74) is 2.79. The van der Waals surface area contributed by atoms with Gasteiger partial charge in [0.15, 0.2) is 0 Å². The van der Waals surface area contributed by atoms with Crippen LogP contribution < -0.4 is 4.90 Å². The van der Waals surface area contributed by atoms with Crippen molar-refractivity contribution in [2.45, 2.75) is 47.0 Å². The number of sulfonamides is 1. The minimum absolute atomic E-state index is 0.00821. The van der Waals surface area contributed by atoms with Crippen molar-refractivity contribution in [3.63, 3.8) is 0 Å². The largest absolute Gasteiger partial charge is 0.368 e. The fraction of sp³-hybridized carbons (Fsp3) is 0.682. The van der Waals surface area contributed by atoms with Crippen LogP contribution >= 0.6 is 0 Å². The van der Waals surface area contributed by atoms with Crippen LogP contribution in [0.5, 0.6) is 0 Å². The highest BCUT2D eigenvalue weighted by Crippen LogP contribution is 2.64. The van der Waals surface area contributed by atoms with E-state index in [1.54, 1.807) is 4.31 Å². The van der Waals surface area contributed by atoms with E-state index in [0.29, 0.717) is 38.5 Å². The zero-order chi connectivity index (χ0) is 20.3. The molecular weight excluding hydrogens is 372 g/mol. The van der Waals surface area contributed by atoms with E-state index in [0.717, 1.165) is 12.8 Å². The molecule has 28 heavy (non-hydrogen) atoms. The first kappa shape index (κ1) is 19.9. The van der Waals surface area contributed by atoms with Crippen LogP contribution in [-0.2, 0) is 14.8 Å². The molecule has 2 aliphatic carbocycles. The number of rotatable bonds is 4. The van der Waals surface area contributed by atoms with Crippen molar-refractivity contribution in [3.8, 4) is 0 Å². The Morgan fingerprint density at radius 2 is 1.68 bits per heavy atom. The maximum absolute atomic E-state index is 13.3. The Morgan fingerprint density at radius 3 is 2.18 bits per heavy atom. The van der Waals surface area contributed by atoms with Gasteiger partial charge in [-0.2, -0.15) is 4.31 Å². The lowest BCUT2D eigenvalue weighted by Crippen LogP contribution is -2.53. The van der Waals surface area contributed by atoms with Gasteiger partial charge in [-0.3, -0.25) is 4.79 Å². The van der Waals surface area contributed by atoms with Crippen LogP contribution in [0.25, 0.3) is 0 Å². The summed E-state index contributed by atoms with van der Waals surface area (Å²) >= 11 is 0. The monoisotopic (exact) mass is 404 g/mol. The van der Waals surface area contributed by atoms with Crippen molar-refractivity contribution in [2.75, 3.05) is 36.8 Å². The zero-order valence-corrected chi connectivity index (χ0v) is 18.3. The molecule has 2 atom stereocenters. The van der Waals surface area contributed by atoms with Gasteiger partial charge in [-0.05, 0) is 49.1 Å². The fourth-order valence-corrected chi connectivity index (χ4v) is 8.21. The first-order chi connectivity index (χ1) is 13.1. The van der Waals surface area contributed by atoms with E-state index in [1.807, 2.05) is 0 Å². The van der Waals surface area contributed by atoms with Gasteiger partial charge in [0.05, 0.1) is 5.75 Å². The number of anilines is 1. The minimum Gasteiger partial charge on any atom is -0.368 e. The van der Waals surface area contributed by atoms with E-state index in [-0.39, 0.29) is 17.0 Å². The number of aryl methyl sites for hydroxylation is 2. The number of hydrogen-bond acceptors (Lipinski definition) is 4. The predicted octanol–water partition coefficient (Wildman–Crippen LogP) is 3.15. The van der Waals surface area contributed by atoms with Crippen molar-refractivity contribution in [1.82, 2.24) is 4.31 Å². The minimum atomic E-state index is -3.45. The number of hydrogen-bond donors (Lipinski definition) is 0. The van der Waals surface area contributed by atoms with Crippen LogP contribution in [0, 0.1) is 30.6 Å². The molecule has 0 aromatic heterocycles. The highest BCUT2D eigenvalue weighted by atomic mass is 32.2. The maximum atomic E-state index is 13.3. The molecule has 154 valence electrons. The van der Waals surface area contributed by atoms with Crippen molar-refractivity contribution < 1.29 is 13.2 Å². The van der Waals surface area contributed by atoms with Crippen LogP contribution in [0.3, 0.4) is 0 Å². The lowest BCUT2D eigenvalue weighted by molar-refractivity contribution is -0.128. The molecular formula is C22H32N2O3S. The molecule has 1 aromatic rings. The van der Waals surface area contributed by atoms with E-state index in [9.17, 15) is 13.2 Å². The Hall–Kier alpha value is -1.40. The molecule has 3 aliphatic rings. The SMILES string of the molecule is Cc1cccc(C)c1N1CCN(S(=O)(=O)C[C@@]23CC[C@@H](CC2=O)C3(C)C)CC1. The second kappa shape index (κ2) is 6.56. The maximum Gasteiger partial charge on any atom is 0.215 e. The average molecular weight is 405 g/mol. The third kappa shape index (κ3) is 2.83. The van der Waals surface area contributed by atoms with Gasteiger partial charge in [0.1, 0.15) is 5.78 Å². The molecule has 2 saturated carbocycles. The van der Waals surface area contributed by atoms with Gasteiger partial charge in [0.2, 0.25) is 10.0 Å². The number of nitrogens with zero attached hydrogens (tertiary/aromatic N) is 2. The summed E-state index contributed by atoms with van der Waals surface area (Å²) in [4.78, 5) is 15.1. The van der Waals surface area contributed by atoms with Gasteiger partial charge >= 0.3 is 0 Å². The molecule has 1 saturated heterocycles. The van der Waals surface area contributed by atoms with Gasteiger partial charge in [0.25, 0.3) is 0 Å². The van der Waals surface area contributed by atoms with Crippen molar-refractivity contribution in [1.29, 1.82) is 0 Å². The Morgan fingerprint density at radius 1 is 1.07 bits per heavy atom. The summed E-state index contributed by atoms with van der Waals surface area (Å²) in [6.45, 7) is 10.8. The summed E-state index contributed by atoms with van der Waals surface area (Å²) in [5.74, 6) is 0.508. The highest BCUT2D eigenvalue weighted by molar-refractivity contribution is 7.89. The zero-order valence-electron chi connectivity index (χ0n) is 17.5. The van der Waals surface area contributed by atoms with Crippen LogP contribution in [0.1, 0.15) is 44.2 Å². The third-order valence-electron chi connectivity index (χ3n) is 7.96. The fourth-order valence-electron chi connectivity index (χ4n) is 6.01. The summed E-state index contributed by atoms with van der Waals surface area (Å²) < 4.78 is 28.2. The second-order valence-corrected chi connectivity index (χ2v) is 11.5. The molecule has 0 N–H and O–H groups in total. The first-order valence-electron chi connectivity index (χ1n) is 10.4. The van der Waals surface area contributed by atoms with E-state index < -0.39 is 15.4 Å². The molecule has 3 fully saturated rings.